The minimum atomic E-state index is 0. The van der Waals surface area contributed by atoms with Gasteiger partial charge in [0.15, 0.2) is 0 Å². The molecule has 0 bridgehead atoms. The summed E-state index contributed by atoms with van der Waals surface area (Å²) in [5, 5.41) is 0. The summed E-state index contributed by atoms with van der Waals surface area (Å²) in [6, 6.07) is 12.0. The summed E-state index contributed by atoms with van der Waals surface area (Å²) in [5.41, 5.74) is 0. The smallest absolute Gasteiger partial charge is 0.0870 e. The lowest BCUT2D eigenvalue weighted by Gasteiger charge is -1.90. The van der Waals surface area contributed by atoms with Crippen LogP contribution < -0.4 is 0 Å². The van der Waals surface area contributed by atoms with E-state index in [1.807, 2.05) is 36.4 Å². The molecule has 0 atom stereocenters. The monoisotopic (exact) mass is 182 g/mol. The molecule has 13 heavy (non-hydrogen) atoms. The first-order valence-electron chi connectivity index (χ1n) is 4.14. The highest BCUT2D eigenvalue weighted by Gasteiger charge is 1.68. The van der Waals surface area contributed by atoms with Crippen LogP contribution in [0.15, 0.2) is 49.2 Å². The Morgan fingerprint density at radius 2 is 1.46 bits per heavy atom. The maximum Gasteiger partial charge on any atom is 0.0870 e. The molecule has 1 aromatic rings. The minimum Gasteiger partial charge on any atom is -0.502 e. The fraction of sp³-hybridized carbons (Fsp3) is 0.273. The van der Waals surface area contributed by atoms with Gasteiger partial charge in [0.1, 0.15) is 0 Å². The van der Waals surface area contributed by atoms with E-state index in [9.17, 15) is 0 Å². The van der Waals surface area contributed by atoms with Crippen molar-refractivity contribution in [1.29, 1.82) is 0 Å². The van der Waals surface area contributed by atoms with E-state index >= 15 is 0 Å². The second kappa shape index (κ2) is 13.3. The molecule has 1 aromatic carbocycles. The summed E-state index contributed by atoms with van der Waals surface area (Å²) >= 11 is 0. The Bertz CT molecular complexity index is 146. The normalized spacial score (nSPS) is 7.15. The third kappa shape index (κ3) is 13.7. The van der Waals surface area contributed by atoms with Gasteiger partial charge in [-0.1, -0.05) is 49.9 Å². The van der Waals surface area contributed by atoms with Gasteiger partial charge in [-0.15, -0.1) is 0 Å². The van der Waals surface area contributed by atoms with E-state index in [0.29, 0.717) is 0 Å². The quantitative estimate of drug-likeness (QED) is 0.522. The minimum absolute atomic E-state index is 0. The Balaban J connectivity index is 0. The molecule has 0 radical (unpaired) electrons. The van der Waals surface area contributed by atoms with Crippen molar-refractivity contribution >= 4 is 0 Å². The van der Waals surface area contributed by atoms with Crippen LogP contribution in [0.5, 0.6) is 0 Å². The van der Waals surface area contributed by atoms with E-state index in [0.717, 1.165) is 13.0 Å². The molecular formula is C11H18O2. The van der Waals surface area contributed by atoms with E-state index in [4.69, 9.17) is 4.74 Å². The molecule has 0 saturated heterocycles. The van der Waals surface area contributed by atoms with Crippen LogP contribution in [0.2, 0.25) is 0 Å². The van der Waals surface area contributed by atoms with Crippen LogP contribution in [0.3, 0.4) is 0 Å². The third-order valence-corrected chi connectivity index (χ3v) is 1.11. The molecular weight excluding hydrogens is 164 g/mol. The van der Waals surface area contributed by atoms with Crippen molar-refractivity contribution in [3.05, 3.63) is 49.2 Å². The first kappa shape index (κ1) is 14.3. The highest BCUT2D eigenvalue weighted by molar-refractivity contribution is 4.99. The lowest BCUT2D eigenvalue weighted by Crippen LogP contribution is -1.79. The number of benzene rings is 1. The van der Waals surface area contributed by atoms with Gasteiger partial charge in [0.25, 0.3) is 0 Å². The van der Waals surface area contributed by atoms with E-state index in [1.165, 1.54) is 6.26 Å². The summed E-state index contributed by atoms with van der Waals surface area (Å²) in [7, 11) is 0. The Hall–Kier alpha value is -1.28. The molecule has 0 saturated carbocycles. The first-order chi connectivity index (χ1) is 5.91. The van der Waals surface area contributed by atoms with Gasteiger partial charge < -0.3 is 10.2 Å². The molecule has 1 rings (SSSR count). The van der Waals surface area contributed by atoms with Crippen molar-refractivity contribution in [1.82, 2.24) is 0 Å². The average molecular weight is 182 g/mol. The van der Waals surface area contributed by atoms with Crippen LogP contribution >= 0.6 is 0 Å². The Morgan fingerprint density at radius 3 is 1.62 bits per heavy atom. The van der Waals surface area contributed by atoms with Crippen LogP contribution in [0.1, 0.15) is 13.3 Å². The van der Waals surface area contributed by atoms with Crippen molar-refractivity contribution < 1.29 is 10.2 Å². The zero-order chi connectivity index (χ0) is 9.07. The first-order valence-corrected chi connectivity index (χ1v) is 4.14. The van der Waals surface area contributed by atoms with Gasteiger partial charge in [0.05, 0.1) is 12.9 Å². The summed E-state index contributed by atoms with van der Waals surface area (Å²) in [6.07, 6.45) is 2.52. The van der Waals surface area contributed by atoms with Gasteiger partial charge in [-0.3, -0.25) is 0 Å². The molecule has 0 aliphatic heterocycles. The average Bonchev–Trinajstić information content (AvgIpc) is 2.18. The van der Waals surface area contributed by atoms with Crippen LogP contribution in [-0.4, -0.2) is 12.1 Å². The van der Waals surface area contributed by atoms with Crippen molar-refractivity contribution in [3.8, 4) is 0 Å². The molecule has 0 spiro atoms. The lowest BCUT2D eigenvalue weighted by atomic mass is 10.4. The predicted molar refractivity (Wildman–Crippen MR) is 56.5 cm³/mol. The standard InChI is InChI=1S/C6H6.C5H10O.H2O/c1-2-4-6-5-3-1;1-3-5-6-4-2;/h1-6H;4H,2-3,5H2,1H3;1H2. The molecule has 2 heteroatoms. The summed E-state index contributed by atoms with van der Waals surface area (Å²) < 4.78 is 4.75. The number of ether oxygens (including phenoxy) is 1. The topological polar surface area (TPSA) is 40.7 Å². The Kier molecular flexibility index (Phi) is 14.6. The second-order valence-electron chi connectivity index (χ2n) is 2.19. The molecule has 2 N–H and O–H groups in total. The number of hydrogen-bond donors (Lipinski definition) is 0. The molecule has 0 heterocycles. The predicted octanol–water partition coefficient (Wildman–Crippen LogP) is 2.42. The molecule has 0 fully saturated rings. The summed E-state index contributed by atoms with van der Waals surface area (Å²) in [5.74, 6) is 0. The zero-order valence-electron chi connectivity index (χ0n) is 8.07. The largest absolute Gasteiger partial charge is 0.502 e. The van der Waals surface area contributed by atoms with Gasteiger partial charge in [0, 0.05) is 0 Å². The zero-order valence-corrected chi connectivity index (χ0v) is 8.07. The van der Waals surface area contributed by atoms with Crippen molar-refractivity contribution in [2.45, 2.75) is 13.3 Å². The van der Waals surface area contributed by atoms with Crippen molar-refractivity contribution in [2.75, 3.05) is 6.61 Å². The Morgan fingerprint density at radius 1 is 1.08 bits per heavy atom. The van der Waals surface area contributed by atoms with E-state index in [1.54, 1.807) is 0 Å². The van der Waals surface area contributed by atoms with E-state index in [2.05, 4.69) is 13.5 Å². The van der Waals surface area contributed by atoms with Crippen LogP contribution in [0.4, 0.5) is 0 Å². The Labute approximate surface area is 80.2 Å². The molecule has 74 valence electrons. The maximum atomic E-state index is 4.75. The summed E-state index contributed by atoms with van der Waals surface area (Å²) in [4.78, 5) is 0. The van der Waals surface area contributed by atoms with Gasteiger partial charge in [-0.2, -0.15) is 0 Å². The van der Waals surface area contributed by atoms with Gasteiger partial charge in [0.2, 0.25) is 0 Å². The summed E-state index contributed by atoms with van der Waals surface area (Å²) in [6.45, 7) is 6.23. The van der Waals surface area contributed by atoms with E-state index < -0.39 is 0 Å². The van der Waals surface area contributed by atoms with E-state index in [-0.39, 0.29) is 5.48 Å². The molecule has 0 aliphatic carbocycles. The second-order valence-corrected chi connectivity index (χ2v) is 2.19. The van der Waals surface area contributed by atoms with Crippen LogP contribution in [0, 0.1) is 0 Å². The van der Waals surface area contributed by atoms with Crippen molar-refractivity contribution in [3.63, 3.8) is 0 Å². The lowest BCUT2D eigenvalue weighted by molar-refractivity contribution is 0.251. The third-order valence-electron chi connectivity index (χ3n) is 1.11. The number of hydrogen-bond acceptors (Lipinski definition) is 1. The molecule has 0 aromatic heterocycles. The molecule has 2 nitrogen and oxygen atoms in total. The fourth-order valence-corrected chi connectivity index (χ4v) is 0.586. The molecule has 0 aliphatic rings. The van der Waals surface area contributed by atoms with Gasteiger partial charge in [-0.25, -0.2) is 0 Å². The maximum absolute atomic E-state index is 4.75. The highest BCUT2D eigenvalue weighted by atomic mass is 16.5. The SMILES string of the molecule is C=COCCC.O.c1ccccc1. The highest BCUT2D eigenvalue weighted by Crippen LogP contribution is 1.80. The molecule has 0 unspecified atom stereocenters. The fourth-order valence-electron chi connectivity index (χ4n) is 0.586. The number of rotatable bonds is 3. The van der Waals surface area contributed by atoms with Crippen LogP contribution in [0.25, 0.3) is 0 Å². The van der Waals surface area contributed by atoms with Gasteiger partial charge in [-0.05, 0) is 6.42 Å². The molecule has 0 amide bonds. The van der Waals surface area contributed by atoms with Gasteiger partial charge >= 0.3 is 0 Å². The van der Waals surface area contributed by atoms with Crippen LogP contribution in [-0.2, 0) is 4.74 Å². The van der Waals surface area contributed by atoms with Crippen molar-refractivity contribution in [2.24, 2.45) is 0 Å².